The number of nitrogens with one attached hydrogen (secondary N) is 1. The maximum Gasteiger partial charge on any atom is 0.335 e. The van der Waals surface area contributed by atoms with Gasteiger partial charge in [0.15, 0.2) is 0 Å². The number of nitro benzene ring substituents is 1. The Morgan fingerprint density at radius 3 is 2.17 bits per heavy atom. The lowest BCUT2D eigenvalue weighted by atomic mass is 10.0. The number of hydrazone groups is 1. The second-order valence-electron chi connectivity index (χ2n) is 5.79. The van der Waals surface area contributed by atoms with Crippen LogP contribution in [0.1, 0.15) is 26.5 Å². The Morgan fingerprint density at radius 2 is 1.62 bits per heavy atom. The lowest BCUT2D eigenvalue weighted by Crippen LogP contribution is -2.02. The summed E-state index contributed by atoms with van der Waals surface area (Å²) in [5.41, 5.74) is 3.12. The molecule has 0 aliphatic carbocycles. The molecule has 10 heteroatoms. The molecule has 0 spiro atoms. The number of rotatable bonds is 7. The van der Waals surface area contributed by atoms with E-state index in [1.54, 1.807) is 12.1 Å². The van der Waals surface area contributed by atoms with Crippen LogP contribution in [0, 0.1) is 10.1 Å². The number of anilines is 1. The van der Waals surface area contributed by atoms with Gasteiger partial charge in [-0.3, -0.25) is 15.5 Å². The first-order chi connectivity index (χ1) is 13.8. The van der Waals surface area contributed by atoms with E-state index >= 15 is 0 Å². The fourth-order valence-corrected chi connectivity index (χ4v) is 2.42. The highest BCUT2D eigenvalue weighted by Crippen LogP contribution is 2.25. The molecule has 3 N–H and O–H groups in total. The number of hydrogen-bond donors (Lipinski definition) is 3. The molecule has 0 saturated carbocycles. The van der Waals surface area contributed by atoms with Crippen molar-refractivity contribution in [2.45, 2.75) is 0 Å². The summed E-state index contributed by atoms with van der Waals surface area (Å²) in [6.45, 7) is 0. The fraction of sp³-hybridized carbons (Fsp3) is 0. The molecule has 10 nitrogen and oxygen atoms in total. The molecule has 0 aliphatic heterocycles. The number of hydrogen-bond acceptors (Lipinski definition) is 7. The van der Waals surface area contributed by atoms with Crippen molar-refractivity contribution in [3.8, 4) is 11.3 Å². The van der Waals surface area contributed by atoms with Gasteiger partial charge >= 0.3 is 11.9 Å². The summed E-state index contributed by atoms with van der Waals surface area (Å²) in [5.74, 6) is -1.91. The van der Waals surface area contributed by atoms with E-state index < -0.39 is 16.9 Å². The van der Waals surface area contributed by atoms with E-state index in [0.717, 1.165) is 6.07 Å². The van der Waals surface area contributed by atoms with Gasteiger partial charge in [0.05, 0.1) is 28.0 Å². The maximum absolute atomic E-state index is 11.2. The van der Waals surface area contributed by atoms with E-state index in [1.165, 1.54) is 42.6 Å². The number of nitrogens with zero attached hydrogens (tertiary/aromatic N) is 2. The molecule has 0 bridgehead atoms. The van der Waals surface area contributed by atoms with Crippen LogP contribution >= 0.6 is 0 Å². The summed E-state index contributed by atoms with van der Waals surface area (Å²) >= 11 is 0. The van der Waals surface area contributed by atoms with Crippen molar-refractivity contribution < 1.29 is 29.1 Å². The zero-order chi connectivity index (χ0) is 21.0. The SMILES string of the molecule is O=C(O)c1cc(C(=O)O)cc(-c2ccc(/C=N\Nc3ccc([N+](=O)[O-])cc3)o2)c1. The third kappa shape index (κ3) is 4.63. The van der Waals surface area contributed by atoms with Crippen molar-refractivity contribution in [2.75, 3.05) is 5.43 Å². The number of benzene rings is 2. The van der Waals surface area contributed by atoms with Crippen LogP contribution in [0.15, 0.2) is 64.1 Å². The van der Waals surface area contributed by atoms with Gasteiger partial charge in [-0.25, -0.2) is 9.59 Å². The molecule has 0 fully saturated rings. The molecule has 3 aromatic rings. The molecule has 3 rings (SSSR count). The third-order valence-electron chi connectivity index (χ3n) is 3.80. The topological polar surface area (TPSA) is 155 Å². The predicted molar refractivity (Wildman–Crippen MR) is 102 cm³/mol. The van der Waals surface area contributed by atoms with Crippen LogP contribution in [-0.2, 0) is 0 Å². The van der Waals surface area contributed by atoms with Crippen molar-refractivity contribution in [1.29, 1.82) is 0 Å². The number of aromatic carboxylic acids is 2. The summed E-state index contributed by atoms with van der Waals surface area (Å²) < 4.78 is 5.56. The number of carboxylic acid groups (broad SMARTS) is 2. The minimum Gasteiger partial charge on any atom is -0.478 e. The molecular formula is C19H13N3O7. The quantitative estimate of drug-likeness (QED) is 0.311. The average Bonchev–Trinajstić information content (AvgIpc) is 3.17. The molecule has 0 saturated heterocycles. The van der Waals surface area contributed by atoms with Gasteiger partial charge in [-0.05, 0) is 42.5 Å². The molecule has 0 unspecified atom stereocenters. The standard InChI is InChI=1S/C19H13N3O7/c23-18(24)12-7-11(8-13(9-12)19(25)26)17-6-5-16(29-17)10-20-21-14-1-3-15(4-2-14)22(27)28/h1-10,21H,(H,23,24)(H,25,26)/b20-10-. The van der Waals surface area contributed by atoms with Crippen LogP contribution in [0.4, 0.5) is 11.4 Å². The van der Waals surface area contributed by atoms with Crippen LogP contribution < -0.4 is 5.43 Å². The zero-order valence-electron chi connectivity index (χ0n) is 14.6. The van der Waals surface area contributed by atoms with Gasteiger partial charge in [0.1, 0.15) is 11.5 Å². The summed E-state index contributed by atoms with van der Waals surface area (Å²) in [4.78, 5) is 32.5. The Kier molecular flexibility index (Phi) is 5.35. The van der Waals surface area contributed by atoms with Gasteiger partial charge in [-0.1, -0.05) is 0 Å². The Labute approximate surface area is 162 Å². The summed E-state index contributed by atoms with van der Waals surface area (Å²) in [5, 5.41) is 32.9. The molecule has 2 aromatic carbocycles. The number of furan rings is 1. The molecule has 1 heterocycles. The van der Waals surface area contributed by atoms with Gasteiger partial charge in [0.2, 0.25) is 0 Å². The lowest BCUT2D eigenvalue weighted by Gasteiger charge is -2.03. The van der Waals surface area contributed by atoms with Crippen molar-refractivity contribution >= 4 is 29.5 Å². The van der Waals surface area contributed by atoms with E-state index in [1.807, 2.05) is 0 Å². The molecule has 0 aliphatic rings. The Bertz CT molecular complexity index is 1080. The van der Waals surface area contributed by atoms with Gasteiger partial charge < -0.3 is 14.6 Å². The van der Waals surface area contributed by atoms with Gasteiger partial charge in [0, 0.05) is 17.7 Å². The van der Waals surface area contributed by atoms with Gasteiger partial charge in [-0.2, -0.15) is 5.10 Å². The van der Waals surface area contributed by atoms with E-state index in [9.17, 15) is 19.7 Å². The first-order valence-corrected chi connectivity index (χ1v) is 8.09. The van der Waals surface area contributed by atoms with E-state index in [2.05, 4.69) is 10.5 Å². The van der Waals surface area contributed by atoms with Crippen molar-refractivity contribution in [3.05, 3.63) is 81.6 Å². The molecule has 29 heavy (non-hydrogen) atoms. The molecule has 0 amide bonds. The van der Waals surface area contributed by atoms with Crippen LogP contribution in [0.2, 0.25) is 0 Å². The average molecular weight is 395 g/mol. The van der Waals surface area contributed by atoms with Crippen LogP contribution in [0.3, 0.4) is 0 Å². The summed E-state index contributed by atoms with van der Waals surface area (Å²) in [7, 11) is 0. The Morgan fingerprint density at radius 1 is 1.00 bits per heavy atom. The first kappa shape index (κ1) is 19.3. The van der Waals surface area contributed by atoms with E-state index in [4.69, 9.17) is 14.6 Å². The lowest BCUT2D eigenvalue weighted by molar-refractivity contribution is -0.384. The largest absolute Gasteiger partial charge is 0.478 e. The second kappa shape index (κ2) is 8.05. The van der Waals surface area contributed by atoms with Crippen LogP contribution in [0.25, 0.3) is 11.3 Å². The van der Waals surface area contributed by atoms with Crippen molar-refractivity contribution in [3.63, 3.8) is 0 Å². The van der Waals surface area contributed by atoms with Gasteiger partial charge in [0.25, 0.3) is 5.69 Å². The minimum absolute atomic E-state index is 0.0421. The molecule has 1 aromatic heterocycles. The van der Waals surface area contributed by atoms with Crippen LogP contribution in [-0.4, -0.2) is 33.3 Å². The number of carboxylic acids is 2. The predicted octanol–water partition coefficient (Wildman–Crippen LogP) is 3.70. The first-order valence-electron chi connectivity index (χ1n) is 8.09. The number of nitro groups is 1. The van der Waals surface area contributed by atoms with E-state index in [0.29, 0.717) is 17.0 Å². The van der Waals surface area contributed by atoms with Crippen molar-refractivity contribution in [2.24, 2.45) is 5.10 Å². The second-order valence-corrected chi connectivity index (χ2v) is 5.79. The van der Waals surface area contributed by atoms with Crippen molar-refractivity contribution in [1.82, 2.24) is 0 Å². The number of carbonyl (C=O) groups is 2. The van der Waals surface area contributed by atoms with Crippen LogP contribution in [0.5, 0.6) is 0 Å². The Balaban J connectivity index is 1.77. The molecular weight excluding hydrogens is 382 g/mol. The zero-order valence-corrected chi connectivity index (χ0v) is 14.6. The molecule has 0 atom stereocenters. The highest BCUT2D eigenvalue weighted by molar-refractivity contribution is 5.96. The van der Waals surface area contributed by atoms with Gasteiger partial charge in [-0.15, -0.1) is 0 Å². The smallest absolute Gasteiger partial charge is 0.335 e. The monoisotopic (exact) mass is 395 g/mol. The third-order valence-corrected chi connectivity index (χ3v) is 3.80. The highest BCUT2D eigenvalue weighted by atomic mass is 16.6. The summed E-state index contributed by atoms with van der Waals surface area (Å²) in [6, 6.07) is 12.5. The number of non-ortho nitro benzene ring substituents is 1. The minimum atomic E-state index is -1.25. The Hall–Kier alpha value is -4.47. The fourth-order valence-electron chi connectivity index (χ4n) is 2.42. The molecule has 146 valence electrons. The van der Waals surface area contributed by atoms with E-state index in [-0.39, 0.29) is 22.6 Å². The maximum atomic E-state index is 11.2. The normalized spacial score (nSPS) is 10.8. The molecule has 0 radical (unpaired) electrons. The summed E-state index contributed by atoms with van der Waals surface area (Å²) in [6.07, 6.45) is 1.35. The highest BCUT2D eigenvalue weighted by Gasteiger charge is 2.14.